The van der Waals surface area contributed by atoms with Gasteiger partial charge in [0, 0.05) is 18.5 Å². The van der Waals surface area contributed by atoms with E-state index in [9.17, 15) is 14.4 Å². The lowest BCUT2D eigenvalue weighted by atomic mass is 10.0. The Morgan fingerprint density at radius 1 is 1.00 bits per heavy atom. The number of hydrogen-bond acceptors (Lipinski definition) is 5. The average Bonchev–Trinajstić information content (AvgIpc) is 2.72. The minimum atomic E-state index is -0.531. The number of nitrogens with one attached hydrogen (secondary N) is 1. The number of ketones is 1. The maximum absolute atomic E-state index is 12.5. The Hall–Kier alpha value is -3.22. The van der Waals surface area contributed by atoms with Crippen LogP contribution in [0.15, 0.2) is 54.9 Å². The van der Waals surface area contributed by atoms with Crippen LogP contribution in [-0.2, 0) is 27.4 Å². The van der Waals surface area contributed by atoms with Gasteiger partial charge >= 0.3 is 12.1 Å². The molecule has 0 spiro atoms. The molecule has 1 heterocycles. The van der Waals surface area contributed by atoms with Crippen molar-refractivity contribution in [2.75, 3.05) is 0 Å². The van der Waals surface area contributed by atoms with E-state index in [0.717, 1.165) is 5.56 Å². The molecule has 31 heavy (non-hydrogen) atoms. The predicted octanol–water partition coefficient (Wildman–Crippen LogP) is 3.45. The predicted molar refractivity (Wildman–Crippen MR) is 115 cm³/mol. The smallest absolute Gasteiger partial charge is 0.412 e. The van der Waals surface area contributed by atoms with Gasteiger partial charge in [-0.05, 0) is 38.8 Å². The minimum Gasteiger partial charge on any atom is -0.463 e. The van der Waals surface area contributed by atoms with Crippen molar-refractivity contribution in [1.29, 1.82) is 0 Å². The number of rotatable bonds is 10. The highest BCUT2D eigenvalue weighted by atomic mass is 16.6. The monoisotopic (exact) mass is 427 g/mol. The Morgan fingerprint density at radius 3 is 2.39 bits per heavy atom. The van der Waals surface area contributed by atoms with E-state index in [-0.39, 0.29) is 31.1 Å². The van der Waals surface area contributed by atoms with Crippen LogP contribution < -0.4 is 9.88 Å². The van der Waals surface area contributed by atoms with Gasteiger partial charge in [-0.2, -0.15) is 4.57 Å². The van der Waals surface area contributed by atoms with E-state index in [2.05, 4.69) is 5.32 Å². The number of amides is 1. The Kier molecular flexibility index (Phi) is 9.18. The van der Waals surface area contributed by atoms with Crippen molar-refractivity contribution in [3.63, 3.8) is 0 Å². The summed E-state index contributed by atoms with van der Waals surface area (Å²) in [5.74, 6) is -1.10. The molecule has 0 aliphatic heterocycles. The van der Waals surface area contributed by atoms with Crippen molar-refractivity contribution in [3.05, 3.63) is 66.0 Å². The normalized spacial score (nSPS) is 12.7. The third-order valence-corrected chi connectivity index (χ3v) is 4.52. The molecule has 2 rings (SSSR count). The number of alkyl carbamates (subject to hydrolysis) is 1. The number of carbonyl (C=O) groups excluding carboxylic acids is 3. The molecule has 1 aromatic carbocycles. The van der Waals surface area contributed by atoms with Gasteiger partial charge in [-0.15, -0.1) is 0 Å². The lowest BCUT2D eigenvalue weighted by molar-refractivity contribution is -0.727. The summed E-state index contributed by atoms with van der Waals surface area (Å²) in [6.45, 7) is 7.09. The molecule has 2 atom stereocenters. The number of hydrogen-bond donors (Lipinski definition) is 1. The van der Waals surface area contributed by atoms with Crippen LogP contribution in [0, 0.1) is 5.92 Å². The molecule has 0 unspecified atom stereocenters. The first-order valence-corrected chi connectivity index (χ1v) is 10.4. The largest absolute Gasteiger partial charge is 0.463 e. The first-order chi connectivity index (χ1) is 14.7. The summed E-state index contributed by atoms with van der Waals surface area (Å²) in [7, 11) is 0. The van der Waals surface area contributed by atoms with Gasteiger partial charge in [0.1, 0.15) is 0 Å². The fraction of sp³-hybridized carbons (Fsp3) is 0.417. The summed E-state index contributed by atoms with van der Waals surface area (Å²) >= 11 is 0. The molecule has 0 saturated heterocycles. The fourth-order valence-corrected chi connectivity index (χ4v) is 2.99. The second-order valence-corrected chi connectivity index (χ2v) is 7.92. The van der Waals surface area contributed by atoms with Crippen LogP contribution >= 0.6 is 0 Å². The fourth-order valence-electron chi connectivity index (χ4n) is 2.99. The summed E-state index contributed by atoms with van der Waals surface area (Å²) in [6.07, 6.45) is 3.30. The summed E-state index contributed by atoms with van der Waals surface area (Å²) in [6, 6.07) is 13.2. The van der Waals surface area contributed by atoms with E-state index >= 15 is 0 Å². The number of pyridine rings is 1. The van der Waals surface area contributed by atoms with Crippen LogP contribution in [0.3, 0.4) is 0 Å². The van der Waals surface area contributed by atoms with E-state index in [4.69, 9.17) is 9.47 Å². The van der Waals surface area contributed by atoms with Gasteiger partial charge in [0.2, 0.25) is 0 Å². The number of nitrogens with zero attached hydrogens (tertiary/aromatic N) is 1. The minimum absolute atomic E-state index is 0.0318. The van der Waals surface area contributed by atoms with Gasteiger partial charge < -0.3 is 14.8 Å². The molecule has 0 aliphatic carbocycles. The molecule has 7 heteroatoms. The highest BCUT2D eigenvalue weighted by Gasteiger charge is 2.22. The third kappa shape index (κ3) is 8.58. The molecule has 2 aromatic rings. The summed E-state index contributed by atoms with van der Waals surface area (Å²) in [5, 5.41) is 2.80. The molecular formula is C24H31N2O5+. The molecule has 0 aliphatic rings. The second kappa shape index (κ2) is 11.8. The lowest BCUT2D eigenvalue weighted by Gasteiger charge is -2.13. The number of benzene rings is 1. The molecule has 1 N–H and O–H groups in total. The van der Waals surface area contributed by atoms with Gasteiger partial charge in [-0.3, -0.25) is 9.59 Å². The van der Waals surface area contributed by atoms with Gasteiger partial charge in [0.15, 0.2) is 18.2 Å². The van der Waals surface area contributed by atoms with Crippen LogP contribution in [0.1, 0.15) is 50.0 Å². The highest BCUT2D eigenvalue weighted by Crippen LogP contribution is 2.11. The van der Waals surface area contributed by atoms with Crippen molar-refractivity contribution >= 4 is 17.8 Å². The number of aromatic nitrogens is 1. The van der Waals surface area contributed by atoms with Gasteiger partial charge in [-0.1, -0.05) is 37.3 Å². The first kappa shape index (κ1) is 24.1. The molecular weight excluding hydrogens is 396 g/mol. The Morgan fingerprint density at radius 2 is 1.71 bits per heavy atom. The molecule has 0 fully saturated rings. The first-order valence-electron chi connectivity index (χ1n) is 10.4. The van der Waals surface area contributed by atoms with Crippen LogP contribution in [0.4, 0.5) is 4.79 Å². The molecule has 1 aromatic heterocycles. The third-order valence-electron chi connectivity index (χ3n) is 4.52. The zero-order chi connectivity index (χ0) is 22.8. The van der Waals surface area contributed by atoms with Gasteiger partial charge in [0.25, 0.3) is 6.73 Å². The Balaban J connectivity index is 1.83. The number of carbonyl (C=O) groups is 3. The van der Waals surface area contributed by atoms with E-state index in [1.165, 1.54) is 0 Å². The maximum Gasteiger partial charge on any atom is 0.412 e. The zero-order valence-corrected chi connectivity index (χ0v) is 18.5. The van der Waals surface area contributed by atoms with Crippen LogP contribution in [0.5, 0.6) is 0 Å². The number of esters is 1. The lowest BCUT2D eigenvalue weighted by Crippen LogP contribution is -2.41. The quantitative estimate of drug-likeness (QED) is 0.357. The standard InChI is InChI=1S/C24H30N2O5/c1-17(2)31-23(28)18(3)13-22(27)21-11-8-12-26(15-21)16-30-24(29)25-19(4)14-20-9-6-5-7-10-20/h5-12,15,17-19H,13-14,16H2,1-4H3/p+1/t18-,19+/m1/s1. The van der Waals surface area contributed by atoms with E-state index in [1.54, 1.807) is 49.9 Å². The van der Waals surface area contributed by atoms with E-state index in [1.807, 2.05) is 37.3 Å². The topological polar surface area (TPSA) is 85.6 Å². The summed E-state index contributed by atoms with van der Waals surface area (Å²) < 4.78 is 12.0. The Labute approximate surface area is 183 Å². The van der Waals surface area contributed by atoms with Gasteiger partial charge in [0.05, 0.1) is 17.6 Å². The van der Waals surface area contributed by atoms with E-state index in [0.29, 0.717) is 12.0 Å². The number of ether oxygens (including phenoxy) is 2. The van der Waals surface area contributed by atoms with Crippen molar-refractivity contribution in [1.82, 2.24) is 5.32 Å². The Bertz CT molecular complexity index is 883. The molecule has 0 radical (unpaired) electrons. The molecule has 0 saturated carbocycles. The summed E-state index contributed by atoms with van der Waals surface area (Å²) in [4.78, 5) is 36.5. The molecule has 0 bridgehead atoms. The van der Waals surface area contributed by atoms with Crippen molar-refractivity contribution in [2.45, 2.75) is 59.4 Å². The average molecular weight is 428 g/mol. The second-order valence-electron chi connectivity index (χ2n) is 7.92. The van der Waals surface area contributed by atoms with Crippen LogP contribution in [0.2, 0.25) is 0 Å². The van der Waals surface area contributed by atoms with Crippen LogP contribution in [-0.4, -0.2) is 30.0 Å². The highest BCUT2D eigenvalue weighted by molar-refractivity contribution is 5.97. The number of Topliss-reactive ketones (excluding diaryl/α,β-unsaturated/α-hetero) is 1. The van der Waals surface area contributed by atoms with Crippen molar-refractivity contribution < 1.29 is 28.4 Å². The zero-order valence-electron chi connectivity index (χ0n) is 18.5. The molecule has 1 amide bonds. The maximum atomic E-state index is 12.5. The van der Waals surface area contributed by atoms with E-state index < -0.39 is 18.0 Å². The summed E-state index contributed by atoms with van der Waals surface area (Å²) in [5.41, 5.74) is 1.57. The van der Waals surface area contributed by atoms with Crippen LogP contribution in [0.25, 0.3) is 0 Å². The van der Waals surface area contributed by atoms with Gasteiger partial charge in [-0.25, -0.2) is 4.79 Å². The SMILES string of the molecule is CC(C)OC(=O)[C@H](C)CC(=O)c1ccc[n+](COC(=O)N[C@@H](C)Cc2ccccc2)c1. The molecule has 7 nitrogen and oxygen atoms in total. The van der Waals surface area contributed by atoms with Crippen molar-refractivity contribution in [3.8, 4) is 0 Å². The molecule has 166 valence electrons. The van der Waals surface area contributed by atoms with Crippen molar-refractivity contribution in [2.24, 2.45) is 5.92 Å².